The zero-order valence-corrected chi connectivity index (χ0v) is 12.2. The molecule has 0 unspecified atom stereocenters. The summed E-state index contributed by atoms with van der Waals surface area (Å²) >= 11 is 0. The van der Waals surface area contributed by atoms with Crippen molar-refractivity contribution in [2.24, 2.45) is 5.92 Å². The number of amides is 1. The number of carbonyl (C=O) groups excluding carboxylic acids is 1. The molecular formula is C16H19N3O3. The SMILES string of the molecule is C#CCNC(=O)c1ccc(NC2CCC(C(=O)O)CC2)nc1. The highest BCUT2D eigenvalue weighted by molar-refractivity contribution is 5.94. The highest BCUT2D eigenvalue weighted by Crippen LogP contribution is 2.26. The monoisotopic (exact) mass is 301 g/mol. The number of hydrogen-bond acceptors (Lipinski definition) is 4. The highest BCUT2D eigenvalue weighted by Gasteiger charge is 2.25. The van der Waals surface area contributed by atoms with Crippen molar-refractivity contribution >= 4 is 17.7 Å². The minimum absolute atomic E-state index is 0.186. The van der Waals surface area contributed by atoms with Gasteiger partial charge in [0.1, 0.15) is 5.82 Å². The Hall–Kier alpha value is -2.55. The second-order valence-electron chi connectivity index (χ2n) is 5.35. The van der Waals surface area contributed by atoms with E-state index in [0.29, 0.717) is 24.2 Å². The van der Waals surface area contributed by atoms with Crippen LogP contribution in [0.25, 0.3) is 0 Å². The van der Waals surface area contributed by atoms with Crippen molar-refractivity contribution in [2.45, 2.75) is 31.7 Å². The molecular weight excluding hydrogens is 282 g/mol. The molecule has 0 bridgehead atoms. The van der Waals surface area contributed by atoms with E-state index in [-0.39, 0.29) is 24.4 Å². The molecule has 6 heteroatoms. The fourth-order valence-electron chi connectivity index (χ4n) is 2.54. The fraction of sp³-hybridized carbons (Fsp3) is 0.438. The van der Waals surface area contributed by atoms with Crippen LogP contribution >= 0.6 is 0 Å². The van der Waals surface area contributed by atoms with Gasteiger partial charge in [-0.15, -0.1) is 6.42 Å². The molecule has 1 aliphatic rings. The lowest BCUT2D eigenvalue weighted by Gasteiger charge is -2.27. The number of terminal acetylenes is 1. The van der Waals surface area contributed by atoms with Crippen LogP contribution in [0, 0.1) is 18.3 Å². The Morgan fingerprint density at radius 1 is 1.32 bits per heavy atom. The molecule has 0 saturated heterocycles. The third-order valence-electron chi connectivity index (χ3n) is 3.81. The molecule has 116 valence electrons. The predicted octanol–water partition coefficient (Wildman–Crippen LogP) is 1.50. The largest absolute Gasteiger partial charge is 0.481 e. The van der Waals surface area contributed by atoms with E-state index >= 15 is 0 Å². The quantitative estimate of drug-likeness (QED) is 0.717. The van der Waals surface area contributed by atoms with Crippen LogP contribution in [0.5, 0.6) is 0 Å². The van der Waals surface area contributed by atoms with E-state index in [2.05, 4.69) is 21.5 Å². The van der Waals surface area contributed by atoms with Crippen LogP contribution in [0.4, 0.5) is 5.82 Å². The predicted molar refractivity (Wildman–Crippen MR) is 82.4 cm³/mol. The lowest BCUT2D eigenvalue weighted by Crippen LogP contribution is -2.29. The highest BCUT2D eigenvalue weighted by atomic mass is 16.4. The smallest absolute Gasteiger partial charge is 0.306 e. The zero-order valence-electron chi connectivity index (χ0n) is 12.2. The van der Waals surface area contributed by atoms with Gasteiger partial charge in [0, 0.05) is 12.2 Å². The molecule has 0 aliphatic heterocycles. The summed E-state index contributed by atoms with van der Waals surface area (Å²) in [5, 5.41) is 14.8. The normalized spacial score (nSPS) is 20.7. The first-order valence-corrected chi connectivity index (χ1v) is 7.27. The Kier molecular flexibility index (Phi) is 5.37. The summed E-state index contributed by atoms with van der Waals surface area (Å²) in [4.78, 5) is 26.8. The van der Waals surface area contributed by atoms with Gasteiger partial charge < -0.3 is 15.7 Å². The average molecular weight is 301 g/mol. The Balaban J connectivity index is 1.86. The molecule has 0 radical (unpaired) electrons. The number of pyridine rings is 1. The van der Waals surface area contributed by atoms with Gasteiger partial charge in [-0.05, 0) is 37.8 Å². The average Bonchev–Trinajstić information content (AvgIpc) is 2.54. The van der Waals surface area contributed by atoms with Crippen molar-refractivity contribution in [1.29, 1.82) is 0 Å². The summed E-state index contributed by atoms with van der Waals surface area (Å²) in [6.45, 7) is 0.186. The first kappa shape index (κ1) is 15.8. The number of aromatic nitrogens is 1. The van der Waals surface area contributed by atoms with Gasteiger partial charge in [0.25, 0.3) is 5.91 Å². The van der Waals surface area contributed by atoms with Crippen LogP contribution in [0.15, 0.2) is 18.3 Å². The van der Waals surface area contributed by atoms with Crippen molar-refractivity contribution < 1.29 is 14.7 Å². The zero-order chi connectivity index (χ0) is 15.9. The molecule has 22 heavy (non-hydrogen) atoms. The van der Waals surface area contributed by atoms with E-state index in [1.807, 2.05) is 0 Å². The van der Waals surface area contributed by atoms with E-state index < -0.39 is 5.97 Å². The summed E-state index contributed by atoms with van der Waals surface area (Å²) in [5.74, 6) is 1.84. The number of anilines is 1. The van der Waals surface area contributed by atoms with Gasteiger partial charge >= 0.3 is 5.97 Å². The number of aliphatic carboxylic acids is 1. The van der Waals surface area contributed by atoms with Gasteiger partial charge in [0.05, 0.1) is 18.0 Å². The van der Waals surface area contributed by atoms with E-state index in [1.54, 1.807) is 12.1 Å². The Morgan fingerprint density at radius 3 is 2.59 bits per heavy atom. The topological polar surface area (TPSA) is 91.3 Å². The summed E-state index contributed by atoms with van der Waals surface area (Å²) in [6.07, 6.45) is 9.56. The second kappa shape index (κ2) is 7.46. The molecule has 0 aromatic carbocycles. The lowest BCUT2D eigenvalue weighted by atomic mass is 9.86. The fourth-order valence-corrected chi connectivity index (χ4v) is 2.54. The Morgan fingerprint density at radius 2 is 2.05 bits per heavy atom. The van der Waals surface area contributed by atoms with Gasteiger partial charge in [-0.25, -0.2) is 4.98 Å². The minimum atomic E-state index is -0.709. The van der Waals surface area contributed by atoms with Gasteiger partial charge in [-0.2, -0.15) is 0 Å². The van der Waals surface area contributed by atoms with Crippen LogP contribution in [0.2, 0.25) is 0 Å². The summed E-state index contributed by atoms with van der Waals surface area (Å²) in [6, 6.07) is 3.65. The molecule has 1 heterocycles. The molecule has 1 aromatic rings. The molecule has 0 spiro atoms. The lowest BCUT2D eigenvalue weighted by molar-refractivity contribution is -0.142. The van der Waals surface area contributed by atoms with Gasteiger partial charge in [0.2, 0.25) is 0 Å². The number of nitrogens with one attached hydrogen (secondary N) is 2. The number of carboxylic acids is 1. The van der Waals surface area contributed by atoms with Crippen LogP contribution in [-0.4, -0.2) is 34.6 Å². The Bertz CT molecular complexity index is 569. The Labute approximate surface area is 129 Å². The van der Waals surface area contributed by atoms with Gasteiger partial charge in [0.15, 0.2) is 0 Å². The molecule has 1 fully saturated rings. The number of carboxylic acid groups (broad SMARTS) is 1. The first-order chi connectivity index (χ1) is 10.6. The molecule has 1 aliphatic carbocycles. The maximum absolute atomic E-state index is 11.7. The van der Waals surface area contributed by atoms with E-state index in [4.69, 9.17) is 11.5 Å². The molecule has 1 saturated carbocycles. The molecule has 2 rings (SSSR count). The summed E-state index contributed by atoms with van der Waals surface area (Å²) in [5.41, 5.74) is 0.454. The molecule has 3 N–H and O–H groups in total. The van der Waals surface area contributed by atoms with Crippen molar-refractivity contribution in [2.75, 3.05) is 11.9 Å². The number of nitrogens with zero attached hydrogens (tertiary/aromatic N) is 1. The summed E-state index contributed by atoms with van der Waals surface area (Å²) < 4.78 is 0. The van der Waals surface area contributed by atoms with Crippen molar-refractivity contribution in [1.82, 2.24) is 10.3 Å². The van der Waals surface area contributed by atoms with Crippen molar-refractivity contribution in [3.8, 4) is 12.3 Å². The third kappa shape index (κ3) is 4.22. The molecule has 1 amide bonds. The maximum atomic E-state index is 11.7. The number of hydrogen-bond donors (Lipinski definition) is 3. The molecule has 0 atom stereocenters. The number of rotatable bonds is 5. The first-order valence-electron chi connectivity index (χ1n) is 7.27. The molecule has 1 aromatic heterocycles. The van der Waals surface area contributed by atoms with E-state index in [9.17, 15) is 9.59 Å². The number of carbonyl (C=O) groups is 2. The van der Waals surface area contributed by atoms with Gasteiger partial charge in [-0.1, -0.05) is 5.92 Å². The standard InChI is InChI=1S/C16H19N3O3/c1-2-9-17-15(20)12-5-8-14(18-10-12)19-13-6-3-11(4-7-13)16(21)22/h1,5,8,10-11,13H,3-4,6-7,9H2,(H,17,20)(H,18,19)(H,21,22). The second-order valence-corrected chi connectivity index (χ2v) is 5.35. The molecule has 6 nitrogen and oxygen atoms in total. The van der Waals surface area contributed by atoms with Crippen molar-refractivity contribution in [3.63, 3.8) is 0 Å². The third-order valence-corrected chi connectivity index (χ3v) is 3.81. The van der Waals surface area contributed by atoms with Gasteiger partial charge in [-0.3, -0.25) is 9.59 Å². The van der Waals surface area contributed by atoms with Crippen LogP contribution < -0.4 is 10.6 Å². The van der Waals surface area contributed by atoms with E-state index in [0.717, 1.165) is 12.8 Å². The minimum Gasteiger partial charge on any atom is -0.481 e. The maximum Gasteiger partial charge on any atom is 0.306 e. The van der Waals surface area contributed by atoms with Crippen molar-refractivity contribution in [3.05, 3.63) is 23.9 Å². The van der Waals surface area contributed by atoms with E-state index in [1.165, 1.54) is 6.20 Å². The van der Waals surface area contributed by atoms with Crippen LogP contribution in [0.3, 0.4) is 0 Å². The summed E-state index contributed by atoms with van der Waals surface area (Å²) in [7, 11) is 0. The van der Waals surface area contributed by atoms with Crippen LogP contribution in [-0.2, 0) is 4.79 Å². The van der Waals surface area contributed by atoms with Crippen LogP contribution in [0.1, 0.15) is 36.0 Å².